The predicted octanol–water partition coefficient (Wildman–Crippen LogP) is 4.24. The molecule has 0 saturated heterocycles. The van der Waals surface area contributed by atoms with Gasteiger partial charge < -0.3 is 14.6 Å². The number of rotatable bonds is 5. The summed E-state index contributed by atoms with van der Waals surface area (Å²) < 4.78 is 11.6. The Labute approximate surface area is 143 Å². The van der Waals surface area contributed by atoms with Crippen molar-refractivity contribution in [3.05, 3.63) is 56.1 Å². The van der Waals surface area contributed by atoms with E-state index < -0.39 is 6.10 Å². The van der Waals surface area contributed by atoms with Crippen LogP contribution in [0.2, 0.25) is 5.02 Å². The van der Waals surface area contributed by atoms with Crippen LogP contribution >= 0.6 is 34.2 Å². The van der Waals surface area contributed by atoms with Crippen molar-refractivity contribution in [2.24, 2.45) is 0 Å². The van der Waals surface area contributed by atoms with E-state index >= 15 is 0 Å². The summed E-state index contributed by atoms with van der Waals surface area (Å²) in [4.78, 5) is 0. The zero-order chi connectivity index (χ0) is 15.4. The summed E-state index contributed by atoms with van der Waals surface area (Å²) in [5.74, 6) is 0.992. The minimum absolute atomic E-state index is 0.425. The van der Waals surface area contributed by atoms with Crippen molar-refractivity contribution >= 4 is 34.2 Å². The van der Waals surface area contributed by atoms with Crippen LogP contribution in [-0.4, -0.2) is 19.3 Å². The SMILES string of the molecule is COc1cc(C(O)Cc2ccc(I)cc2)cc(Cl)c1OC. The number of aliphatic hydroxyl groups excluding tert-OH is 1. The van der Waals surface area contributed by atoms with Crippen molar-refractivity contribution < 1.29 is 14.6 Å². The normalized spacial score (nSPS) is 12.0. The Bertz CT molecular complexity index is 614. The van der Waals surface area contributed by atoms with Crippen molar-refractivity contribution in [1.29, 1.82) is 0 Å². The monoisotopic (exact) mass is 418 g/mol. The number of hydrogen-bond acceptors (Lipinski definition) is 3. The molecule has 0 fully saturated rings. The van der Waals surface area contributed by atoms with E-state index in [0.29, 0.717) is 28.5 Å². The van der Waals surface area contributed by atoms with Gasteiger partial charge in [0.05, 0.1) is 25.3 Å². The van der Waals surface area contributed by atoms with E-state index in [1.807, 2.05) is 24.3 Å². The summed E-state index contributed by atoms with van der Waals surface area (Å²) in [5, 5.41) is 10.8. The Morgan fingerprint density at radius 1 is 1.14 bits per heavy atom. The lowest BCUT2D eigenvalue weighted by atomic mass is 10.0. The van der Waals surface area contributed by atoms with Crippen LogP contribution in [0.5, 0.6) is 11.5 Å². The molecule has 21 heavy (non-hydrogen) atoms. The van der Waals surface area contributed by atoms with Crippen LogP contribution in [0.15, 0.2) is 36.4 Å². The lowest BCUT2D eigenvalue weighted by molar-refractivity contribution is 0.178. The molecular formula is C16H16ClIO3. The molecule has 0 spiro atoms. The van der Waals surface area contributed by atoms with E-state index in [0.717, 1.165) is 5.56 Å². The highest BCUT2D eigenvalue weighted by molar-refractivity contribution is 14.1. The molecule has 0 radical (unpaired) electrons. The van der Waals surface area contributed by atoms with Crippen LogP contribution in [0.25, 0.3) is 0 Å². The molecule has 0 bridgehead atoms. The van der Waals surface area contributed by atoms with Gasteiger partial charge in [-0.2, -0.15) is 0 Å². The summed E-state index contributed by atoms with van der Waals surface area (Å²) in [5.41, 5.74) is 1.77. The first-order chi connectivity index (χ1) is 10.0. The highest BCUT2D eigenvalue weighted by Crippen LogP contribution is 2.38. The predicted molar refractivity (Wildman–Crippen MR) is 92.4 cm³/mol. The zero-order valence-corrected chi connectivity index (χ0v) is 14.7. The van der Waals surface area contributed by atoms with E-state index in [4.69, 9.17) is 21.1 Å². The first-order valence-corrected chi connectivity index (χ1v) is 7.84. The fourth-order valence-corrected chi connectivity index (χ4v) is 2.75. The molecule has 2 rings (SSSR count). The second kappa shape index (κ2) is 7.33. The van der Waals surface area contributed by atoms with Gasteiger partial charge in [-0.3, -0.25) is 0 Å². The summed E-state index contributed by atoms with van der Waals surface area (Å²) in [6.07, 6.45) is -0.134. The Hall–Kier alpha value is -0.980. The Morgan fingerprint density at radius 3 is 2.38 bits per heavy atom. The Kier molecular flexibility index (Phi) is 5.72. The van der Waals surface area contributed by atoms with Crippen molar-refractivity contribution in [3.63, 3.8) is 0 Å². The van der Waals surface area contributed by atoms with Crippen LogP contribution in [0.4, 0.5) is 0 Å². The van der Waals surface area contributed by atoms with Gasteiger partial charge in [-0.1, -0.05) is 23.7 Å². The number of hydrogen-bond donors (Lipinski definition) is 1. The molecule has 0 aliphatic rings. The van der Waals surface area contributed by atoms with Crippen LogP contribution in [0.3, 0.4) is 0 Å². The Balaban J connectivity index is 2.24. The molecular weight excluding hydrogens is 403 g/mol. The van der Waals surface area contributed by atoms with Crippen molar-refractivity contribution in [3.8, 4) is 11.5 Å². The lowest BCUT2D eigenvalue weighted by Crippen LogP contribution is -2.03. The maximum Gasteiger partial charge on any atom is 0.179 e. The molecule has 2 aromatic carbocycles. The van der Waals surface area contributed by atoms with E-state index in [1.54, 1.807) is 19.2 Å². The third-order valence-corrected chi connectivity index (χ3v) is 4.18. The van der Waals surface area contributed by atoms with Crippen molar-refractivity contribution in [2.45, 2.75) is 12.5 Å². The number of benzene rings is 2. The van der Waals surface area contributed by atoms with Gasteiger partial charge in [0, 0.05) is 9.99 Å². The summed E-state index contributed by atoms with van der Waals surface area (Å²) >= 11 is 8.42. The molecule has 0 aliphatic carbocycles. The molecule has 1 unspecified atom stereocenters. The molecule has 0 saturated carbocycles. The van der Waals surface area contributed by atoms with Gasteiger partial charge in [0.1, 0.15) is 0 Å². The maximum absolute atomic E-state index is 10.4. The quantitative estimate of drug-likeness (QED) is 0.738. The topological polar surface area (TPSA) is 38.7 Å². The molecule has 5 heteroatoms. The van der Waals surface area contributed by atoms with Gasteiger partial charge in [0.2, 0.25) is 0 Å². The average molecular weight is 419 g/mol. The number of methoxy groups -OCH3 is 2. The molecule has 0 amide bonds. The zero-order valence-electron chi connectivity index (χ0n) is 11.8. The van der Waals surface area contributed by atoms with E-state index in [9.17, 15) is 5.11 Å². The molecule has 0 aromatic heterocycles. The fourth-order valence-electron chi connectivity index (χ4n) is 2.09. The lowest BCUT2D eigenvalue weighted by Gasteiger charge is -2.16. The van der Waals surface area contributed by atoms with E-state index in [1.165, 1.54) is 10.7 Å². The van der Waals surface area contributed by atoms with Gasteiger partial charge in [0.25, 0.3) is 0 Å². The van der Waals surface area contributed by atoms with Gasteiger partial charge in [-0.05, 0) is 58.0 Å². The highest BCUT2D eigenvalue weighted by atomic mass is 127. The van der Waals surface area contributed by atoms with Gasteiger partial charge >= 0.3 is 0 Å². The molecule has 0 heterocycles. The molecule has 0 aliphatic heterocycles. The standard InChI is InChI=1S/C16H16ClIO3/c1-20-15-9-11(8-13(17)16(15)21-2)14(19)7-10-3-5-12(18)6-4-10/h3-6,8-9,14,19H,7H2,1-2H3. The van der Waals surface area contributed by atoms with Crippen LogP contribution in [0.1, 0.15) is 17.2 Å². The highest BCUT2D eigenvalue weighted by Gasteiger charge is 2.16. The van der Waals surface area contributed by atoms with Crippen molar-refractivity contribution in [2.75, 3.05) is 14.2 Å². The van der Waals surface area contributed by atoms with Gasteiger partial charge in [0.15, 0.2) is 11.5 Å². The molecule has 1 atom stereocenters. The number of ether oxygens (including phenoxy) is 2. The minimum Gasteiger partial charge on any atom is -0.493 e. The van der Waals surface area contributed by atoms with Gasteiger partial charge in [-0.25, -0.2) is 0 Å². The largest absolute Gasteiger partial charge is 0.493 e. The third kappa shape index (κ3) is 4.02. The summed E-state index contributed by atoms with van der Waals surface area (Å²) in [7, 11) is 3.08. The van der Waals surface area contributed by atoms with Crippen LogP contribution < -0.4 is 9.47 Å². The van der Waals surface area contributed by atoms with E-state index in [-0.39, 0.29) is 0 Å². The summed E-state index contributed by atoms with van der Waals surface area (Å²) in [6, 6.07) is 11.5. The van der Waals surface area contributed by atoms with E-state index in [2.05, 4.69) is 22.6 Å². The van der Waals surface area contributed by atoms with Gasteiger partial charge in [-0.15, -0.1) is 0 Å². The second-order valence-corrected chi connectivity index (χ2v) is 6.24. The maximum atomic E-state index is 10.4. The minimum atomic E-state index is -0.651. The summed E-state index contributed by atoms with van der Waals surface area (Å²) in [6.45, 7) is 0. The first kappa shape index (κ1) is 16.4. The first-order valence-electron chi connectivity index (χ1n) is 6.39. The number of halogens is 2. The molecule has 112 valence electrons. The van der Waals surface area contributed by atoms with Crippen LogP contribution in [-0.2, 0) is 6.42 Å². The molecule has 3 nitrogen and oxygen atoms in total. The Morgan fingerprint density at radius 2 is 1.81 bits per heavy atom. The number of aliphatic hydroxyl groups is 1. The molecule has 2 aromatic rings. The smallest absolute Gasteiger partial charge is 0.179 e. The average Bonchev–Trinajstić information content (AvgIpc) is 2.48. The van der Waals surface area contributed by atoms with Crippen LogP contribution in [0, 0.1) is 3.57 Å². The van der Waals surface area contributed by atoms with Crippen molar-refractivity contribution in [1.82, 2.24) is 0 Å². The third-order valence-electron chi connectivity index (χ3n) is 3.18. The fraction of sp³-hybridized carbons (Fsp3) is 0.250. The second-order valence-electron chi connectivity index (χ2n) is 4.58. The molecule has 1 N–H and O–H groups in total.